The number of aryl methyl sites for hydroxylation is 1. The van der Waals surface area contributed by atoms with Gasteiger partial charge in [-0.3, -0.25) is 0 Å². The summed E-state index contributed by atoms with van der Waals surface area (Å²) < 4.78 is 0. The van der Waals surface area contributed by atoms with Crippen LogP contribution in [0.3, 0.4) is 0 Å². The Bertz CT molecular complexity index is 511. The van der Waals surface area contributed by atoms with Crippen molar-refractivity contribution in [2.75, 3.05) is 6.54 Å². The molecule has 108 valence electrons. The summed E-state index contributed by atoms with van der Waals surface area (Å²) in [4.78, 5) is 4.73. The van der Waals surface area contributed by atoms with Crippen LogP contribution in [0, 0.1) is 0 Å². The van der Waals surface area contributed by atoms with Crippen molar-refractivity contribution < 1.29 is 0 Å². The Morgan fingerprint density at radius 1 is 1.10 bits per heavy atom. The smallest absolute Gasteiger partial charge is 0.0932 e. The van der Waals surface area contributed by atoms with Crippen molar-refractivity contribution in [1.29, 1.82) is 0 Å². The van der Waals surface area contributed by atoms with Crippen LogP contribution in [-0.4, -0.2) is 17.1 Å². The van der Waals surface area contributed by atoms with Crippen molar-refractivity contribution in [3.05, 3.63) is 40.7 Å². The minimum atomic E-state index is 0.224. The van der Waals surface area contributed by atoms with Gasteiger partial charge in [-0.15, -0.1) is 11.3 Å². The molecule has 0 aliphatic carbocycles. The van der Waals surface area contributed by atoms with Crippen LogP contribution in [0.25, 0.3) is 11.3 Å². The number of benzene rings is 1. The first-order chi connectivity index (χ1) is 9.54. The Balaban J connectivity index is 1.76. The highest BCUT2D eigenvalue weighted by Gasteiger charge is 2.08. The molecule has 0 amide bonds. The van der Waals surface area contributed by atoms with Crippen LogP contribution >= 0.6 is 11.3 Å². The van der Waals surface area contributed by atoms with E-state index in [0.717, 1.165) is 18.7 Å². The normalized spacial score (nSPS) is 11.8. The van der Waals surface area contributed by atoms with Gasteiger partial charge in [0.25, 0.3) is 0 Å². The fraction of sp³-hybridized carbons (Fsp3) is 0.471. The van der Waals surface area contributed by atoms with Crippen molar-refractivity contribution >= 4 is 11.3 Å². The van der Waals surface area contributed by atoms with E-state index in [1.54, 1.807) is 11.3 Å². The summed E-state index contributed by atoms with van der Waals surface area (Å²) in [7, 11) is 0. The second-order valence-electron chi connectivity index (χ2n) is 6.13. The fourth-order valence-corrected chi connectivity index (χ4v) is 2.88. The standard InChI is InChI=1S/C17H24N2S/c1-17(2,3)18-12-8-7-11-16-19-15(13-20-16)14-9-5-4-6-10-14/h4-6,9-10,13,18H,7-8,11-12H2,1-3H3. The number of hydrogen-bond acceptors (Lipinski definition) is 3. The molecule has 0 unspecified atom stereocenters. The summed E-state index contributed by atoms with van der Waals surface area (Å²) >= 11 is 1.78. The molecule has 0 saturated heterocycles. The summed E-state index contributed by atoms with van der Waals surface area (Å²) in [6, 6.07) is 10.4. The van der Waals surface area contributed by atoms with E-state index in [9.17, 15) is 0 Å². The van der Waals surface area contributed by atoms with Crippen molar-refractivity contribution in [3.8, 4) is 11.3 Å². The van der Waals surface area contributed by atoms with Crippen LogP contribution in [0.4, 0.5) is 0 Å². The average molecular weight is 288 g/mol. The Kier molecular flexibility index (Phi) is 5.32. The summed E-state index contributed by atoms with van der Waals surface area (Å²) in [6.07, 6.45) is 3.49. The lowest BCUT2D eigenvalue weighted by molar-refractivity contribution is 0.419. The number of nitrogens with one attached hydrogen (secondary N) is 1. The maximum absolute atomic E-state index is 4.73. The van der Waals surface area contributed by atoms with Gasteiger partial charge in [0, 0.05) is 16.5 Å². The zero-order valence-corrected chi connectivity index (χ0v) is 13.5. The van der Waals surface area contributed by atoms with E-state index in [0.29, 0.717) is 0 Å². The van der Waals surface area contributed by atoms with Crippen molar-refractivity contribution in [2.24, 2.45) is 0 Å². The molecule has 0 fully saturated rings. The molecule has 0 bridgehead atoms. The molecule has 0 spiro atoms. The van der Waals surface area contributed by atoms with E-state index in [2.05, 4.69) is 55.7 Å². The summed E-state index contributed by atoms with van der Waals surface area (Å²) in [5, 5.41) is 6.94. The minimum Gasteiger partial charge on any atom is -0.312 e. The highest BCUT2D eigenvalue weighted by Crippen LogP contribution is 2.22. The molecule has 0 atom stereocenters. The van der Waals surface area contributed by atoms with Crippen LogP contribution < -0.4 is 5.32 Å². The number of hydrogen-bond donors (Lipinski definition) is 1. The molecule has 0 radical (unpaired) electrons. The van der Waals surface area contributed by atoms with E-state index >= 15 is 0 Å². The highest BCUT2D eigenvalue weighted by atomic mass is 32.1. The summed E-state index contributed by atoms with van der Waals surface area (Å²) in [6.45, 7) is 7.71. The fourth-order valence-electron chi connectivity index (χ4n) is 2.03. The molecule has 2 nitrogen and oxygen atoms in total. The molecule has 1 heterocycles. The van der Waals surface area contributed by atoms with Crippen LogP contribution in [0.5, 0.6) is 0 Å². The Hall–Kier alpha value is -1.19. The Morgan fingerprint density at radius 2 is 1.85 bits per heavy atom. The predicted molar refractivity (Wildman–Crippen MR) is 88.2 cm³/mol. The van der Waals surface area contributed by atoms with E-state index in [1.165, 1.54) is 23.4 Å². The van der Waals surface area contributed by atoms with Gasteiger partial charge in [-0.25, -0.2) is 4.98 Å². The van der Waals surface area contributed by atoms with Gasteiger partial charge in [-0.1, -0.05) is 30.3 Å². The zero-order valence-electron chi connectivity index (χ0n) is 12.6. The van der Waals surface area contributed by atoms with Crippen LogP contribution in [0.2, 0.25) is 0 Å². The molecular formula is C17H24N2S. The number of rotatable bonds is 6. The van der Waals surface area contributed by atoms with Crippen molar-refractivity contribution in [1.82, 2.24) is 10.3 Å². The van der Waals surface area contributed by atoms with Crippen molar-refractivity contribution in [3.63, 3.8) is 0 Å². The third kappa shape index (κ3) is 5.06. The first-order valence-electron chi connectivity index (χ1n) is 7.29. The van der Waals surface area contributed by atoms with E-state index in [4.69, 9.17) is 4.98 Å². The quantitative estimate of drug-likeness (QED) is 0.790. The minimum absolute atomic E-state index is 0.224. The van der Waals surface area contributed by atoms with E-state index in [-0.39, 0.29) is 5.54 Å². The molecule has 0 aliphatic heterocycles. The van der Waals surface area contributed by atoms with E-state index in [1.807, 2.05) is 6.07 Å². The SMILES string of the molecule is CC(C)(C)NCCCCc1nc(-c2ccccc2)cs1. The predicted octanol–water partition coefficient (Wildman–Crippen LogP) is 4.52. The maximum atomic E-state index is 4.73. The molecule has 20 heavy (non-hydrogen) atoms. The monoisotopic (exact) mass is 288 g/mol. The lowest BCUT2D eigenvalue weighted by Crippen LogP contribution is -2.36. The van der Waals surface area contributed by atoms with Gasteiger partial charge in [-0.2, -0.15) is 0 Å². The molecule has 1 aromatic heterocycles. The molecule has 1 aromatic carbocycles. The molecule has 3 heteroatoms. The first kappa shape index (κ1) is 15.2. The van der Waals surface area contributed by atoms with Crippen LogP contribution in [-0.2, 0) is 6.42 Å². The van der Waals surface area contributed by atoms with Gasteiger partial charge in [0.15, 0.2) is 0 Å². The Labute approximate surface area is 126 Å². The maximum Gasteiger partial charge on any atom is 0.0932 e. The van der Waals surface area contributed by atoms with Gasteiger partial charge in [0.1, 0.15) is 0 Å². The molecule has 0 saturated carbocycles. The molecule has 1 N–H and O–H groups in total. The van der Waals surface area contributed by atoms with Gasteiger partial charge in [0.2, 0.25) is 0 Å². The first-order valence-corrected chi connectivity index (χ1v) is 8.17. The molecular weight excluding hydrogens is 264 g/mol. The van der Waals surface area contributed by atoms with Crippen molar-refractivity contribution in [2.45, 2.75) is 45.6 Å². The average Bonchev–Trinajstić information content (AvgIpc) is 2.87. The topological polar surface area (TPSA) is 24.9 Å². The lowest BCUT2D eigenvalue weighted by atomic mass is 10.1. The van der Waals surface area contributed by atoms with Crippen LogP contribution in [0.1, 0.15) is 38.6 Å². The third-order valence-corrected chi connectivity index (χ3v) is 4.00. The molecule has 2 aromatic rings. The van der Waals surface area contributed by atoms with Gasteiger partial charge < -0.3 is 5.32 Å². The number of unbranched alkanes of at least 4 members (excludes halogenated alkanes) is 1. The number of aromatic nitrogens is 1. The Morgan fingerprint density at radius 3 is 2.55 bits per heavy atom. The molecule has 2 rings (SSSR count). The second kappa shape index (κ2) is 7.00. The molecule has 0 aliphatic rings. The second-order valence-corrected chi connectivity index (χ2v) is 7.07. The number of thiazole rings is 1. The third-order valence-electron chi connectivity index (χ3n) is 3.09. The van der Waals surface area contributed by atoms with Crippen LogP contribution in [0.15, 0.2) is 35.7 Å². The summed E-state index contributed by atoms with van der Waals surface area (Å²) in [5.41, 5.74) is 2.55. The zero-order chi connectivity index (χ0) is 14.4. The highest BCUT2D eigenvalue weighted by molar-refractivity contribution is 7.09. The summed E-state index contributed by atoms with van der Waals surface area (Å²) in [5.74, 6) is 0. The lowest BCUT2D eigenvalue weighted by Gasteiger charge is -2.20. The van der Waals surface area contributed by atoms with E-state index < -0.39 is 0 Å². The van der Waals surface area contributed by atoms with Gasteiger partial charge >= 0.3 is 0 Å². The van der Waals surface area contributed by atoms with Gasteiger partial charge in [-0.05, 0) is 46.6 Å². The van der Waals surface area contributed by atoms with Gasteiger partial charge in [0.05, 0.1) is 10.7 Å². The largest absolute Gasteiger partial charge is 0.312 e. The number of nitrogens with zero attached hydrogens (tertiary/aromatic N) is 1.